The fraction of sp³-hybridized carbons (Fsp3) is 0.300. The van der Waals surface area contributed by atoms with Crippen molar-refractivity contribution in [3.05, 3.63) is 24.3 Å². The van der Waals surface area contributed by atoms with E-state index in [1.54, 1.807) is 19.2 Å². The van der Waals surface area contributed by atoms with Crippen molar-refractivity contribution in [2.45, 2.75) is 5.38 Å². The van der Waals surface area contributed by atoms with Gasteiger partial charge in [-0.3, -0.25) is 0 Å². The van der Waals surface area contributed by atoms with Gasteiger partial charge in [0, 0.05) is 0 Å². The quantitative estimate of drug-likeness (QED) is 0.717. The number of ether oxygens (including phenoxy) is 2. The lowest BCUT2D eigenvalue weighted by molar-refractivity contribution is 0.303. The van der Waals surface area contributed by atoms with Crippen molar-refractivity contribution < 1.29 is 9.47 Å². The second-order valence-corrected chi connectivity index (χ2v) is 3.09. The van der Waals surface area contributed by atoms with E-state index in [9.17, 15) is 0 Å². The molecule has 74 valence electrons. The summed E-state index contributed by atoms with van der Waals surface area (Å²) in [4.78, 5) is 0. The lowest BCUT2D eigenvalue weighted by Gasteiger charge is -2.09. The molecule has 0 aliphatic rings. The molecule has 0 N–H and O–H groups in total. The van der Waals surface area contributed by atoms with Gasteiger partial charge in [-0.15, -0.1) is 11.6 Å². The second kappa shape index (κ2) is 5.36. The third kappa shape index (κ3) is 2.82. The Hall–Kier alpha value is -1.40. The van der Waals surface area contributed by atoms with Crippen molar-refractivity contribution >= 4 is 11.6 Å². The number of nitrogens with zero attached hydrogens (tertiary/aromatic N) is 1. The second-order valence-electron chi connectivity index (χ2n) is 2.56. The summed E-state index contributed by atoms with van der Waals surface area (Å²) < 4.78 is 10.4. The molecule has 1 aromatic carbocycles. The summed E-state index contributed by atoms with van der Waals surface area (Å²) >= 11 is 5.58. The minimum Gasteiger partial charge on any atom is -0.493 e. The number of halogens is 1. The Morgan fingerprint density at radius 1 is 1.43 bits per heavy atom. The number of nitriles is 1. The van der Waals surface area contributed by atoms with Gasteiger partial charge in [0.25, 0.3) is 0 Å². The van der Waals surface area contributed by atoms with Gasteiger partial charge in [0.2, 0.25) is 0 Å². The summed E-state index contributed by atoms with van der Waals surface area (Å²) in [6, 6.07) is 9.09. The average Bonchev–Trinajstić information content (AvgIpc) is 2.26. The first-order valence-electron chi connectivity index (χ1n) is 4.07. The smallest absolute Gasteiger partial charge is 0.161 e. The predicted molar refractivity (Wildman–Crippen MR) is 53.7 cm³/mol. The molecule has 1 unspecified atom stereocenters. The lowest BCUT2D eigenvalue weighted by Crippen LogP contribution is -2.09. The fourth-order valence-corrected chi connectivity index (χ4v) is 1.00. The molecular formula is C10H10ClNO2. The van der Waals surface area contributed by atoms with Crippen molar-refractivity contribution in [2.75, 3.05) is 13.7 Å². The zero-order chi connectivity index (χ0) is 10.4. The largest absolute Gasteiger partial charge is 0.493 e. The van der Waals surface area contributed by atoms with Gasteiger partial charge in [0.05, 0.1) is 13.2 Å². The molecule has 3 nitrogen and oxygen atoms in total. The minimum atomic E-state index is -0.639. The number of hydrogen-bond acceptors (Lipinski definition) is 3. The van der Waals surface area contributed by atoms with E-state index in [4.69, 9.17) is 26.3 Å². The SMILES string of the molecule is COc1ccccc1OCC(Cl)C#N. The van der Waals surface area contributed by atoms with Gasteiger partial charge in [-0.2, -0.15) is 5.26 Å². The molecule has 1 aromatic rings. The molecule has 4 heteroatoms. The van der Waals surface area contributed by atoms with Crippen molar-refractivity contribution in [1.82, 2.24) is 0 Å². The van der Waals surface area contributed by atoms with Gasteiger partial charge in [0.15, 0.2) is 16.9 Å². The molecule has 0 saturated heterocycles. The van der Waals surface area contributed by atoms with Crippen LogP contribution in [0.1, 0.15) is 0 Å². The highest BCUT2D eigenvalue weighted by Crippen LogP contribution is 2.25. The Balaban J connectivity index is 2.63. The maximum atomic E-state index is 8.45. The van der Waals surface area contributed by atoms with Crippen LogP contribution in [-0.4, -0.2) is 19.1 Å². The van der Waals surface area contributed by atoms with Crippen LogP contribution in [0.3, 0.4) is 0 Å². The fourth-order valence-electron chi connectivity index (χ4n) is 0.938. The van der Waals surface area contributed by atoms with Crippen LogP contribution in [0.15, 0.2) is 24.3 Å². The van der Waals surface area contributed by atoms with Crippen molar-refractivity contribution in [2.24, 2.45) is 0 Å². The molecule has 0 aliphatic heterocycles. The van der Waals surface area contributed by atoms with Crippen molar-refractivity contribution in [3.63, 3.8) is 0 Å². The Kier molecular flexibility index (Phi) is 4.09. The Bertz CT molecular complexity index is 335. The third-order valence-corrected chi connectivity index (χ3v) is 1.82. The number of methoxy groups -OCH3 is 1. The number of benzene rings is 1. The van der Waals surface area contributed by atoms with Gasteiger partial charge in [-0.1, -0.05) is 12.1 Å². The first kappa shape index (κ1) is 10.7. The first-order valence-corrected chi connectivity index (χ1v) is 4.51. The highest BCUT2D eigenvalue weighted by molar-refractivity contribution is 6.22. The average molecular weight is 212 g/mol. The molecule has 0 heterocycles. The summed E-state index contributed by atoms with van der Waals surface area (Å²) in [5, 5.41) is 7.81. The summed E-state index contributed by atoms with van der Waals surface area (Å²) in [5.41, 5.74) is 0. The first-order chi connectivity index (χ1) is 6.77. The standard InChI is InChI=1S/C10H10ClNO2/c1-13-9-4-2-3-5-10(9)14-7-8(11)6-12/h2-5,8H,7H2,1H3. The monoisotopic (exact) mass is 211 g/mol. The highest BCUT2D eigenvalue weighted by Gasteiger charge is 2.06. The number of rotatable bonds is 4. The molecule has 0 spiro atoms. The van der Waals surface area contributed by atoms with Crippen LogP contribution in [-0.2, 0) is 0 Å². The molecule has 0 aliphatic carbocycles. The van der Waals surface area contributed by atoms with Crippen LogP contribution >= 0.6 is 11.6 Å². The number of hydrogen-bond donors (Lipinski definition) is 0. The highest BCUT2D eigenvalue weighted by atomic mass is 35.5. The van der Waals surface area contributed by atoms with E-state index in [0.29, 0.717) is 11.5 Å². The normalized spacial score (nSPS) is 11.5. The zero-order valence-corrected chi connectivity index (χ0v) is 8.49. The van der Waals surface area contributed by atoms with Gasteiger partial charge < -0.3 is 9.47 Å². The summed E-state index contributed by atoms with van der Waals surface area (Å²) in [6.45, 7) is 0.151. The van der Waals surface area contributed by atoms with E-state index in [0.717, 1.165) is 0 Å². The van der Waals surface area contributed by atoms with Crippen molar-refractivity contribution in [3.8, 4) is 17.6 Å². The van der Waals surface area contributed by atoms with Crippen LogP contribution in [0.2, 0.25) is 0 Å². The van der Waals surface area contributed by atoms with E-state index in [1.165, 1.54) is 0 Å². The van der Waals surface area contributed by atoms with Gasteiger partial charge in [-0.25, -0.2) is 0 Å². The Morgan fingerprint density at radius 2 is 2.07 bits per heavy atom. The molecule has 0 radical (unpaired) electrons. The number of para-hydroxylation sites is 2. The zero-order valence-electron chi connectivity index (χ0n) is 7.74. The molecule has 0 amide bonds. The molecule has 0 bridgehead atoms. The van der Waals surface area contributed by atoms with E-state index in [1.807, 2.05) is 18.2 Å². The molecular weight excluding hydrogens is 202 g/mol. The molecule has 0 saturated carbocycles. The van der Waals surface area contributed by atoms with E-state index >= 15 is 0 Å². The van der Waals surface area contributed by atoms with Crippen molar-refractivity contribution in [1.29, 1.82) is 5.26 Å². The number of alkyl halides is 1. The maximum Gasteiger partial charge on any atom is 0.161 e. The van der Waals surface area contributed by atoms with Gasteiger partial charge in [0.1, 0.15) is 6.61 Å². The molecule has 1 rings (SSSR count). The topological polar surface area (TPSA) is 42.2 Å². The molecule has 0 fully saturated rings. The van der Waals surface area contributed by atoms with E-state index < -0.39 is 5.38 Å². The molecule has 1 atom stereocenters. The maximum absolute atomic E-state index is 8.45. The molecule has 14 heavy (non-hydrogen) atoms. The van der Waals surface area contributed by atoms with Gasteiger partial charge in [-0.05, 0) is 12.1 Å². The summed E-state index contributed by atoms with van der Waals surface area (Å²) in [7, 11) is 1.56. The van der Waals surface area contributed by atoms with Crippen LogP contribution in [0.25, 0.3) is 0 Å². The predicted octanol–water partition coefficient (Wildman–Crippen LogP) is 2.20. The Morgan fingerprint density at radius 3 is 2.64 bits per heavy atom. The third-order valence-electron chi connectivity index (χ3n) is 1.59. The Labute approximate surface area is 87.8 Å². The van der Waals surface area contributed by atoms with Crippen LogP contribution in [0.5, 0.6) is 11.5 Å². The van der Waals surface area contributed by atoms with Crippen LogP contribution < -0.4 is 9.47 Å². The van der Waals surface area contributed by atoms with Crippen LogP contribution in [0, 0.1) is 11.3 Å². The summed E-state index contributed by atoms with van der Waals surface area (Å²) in [5.74, 6) is 1.23. The van der Waals surface area contributed by atoms with E-state index in [-0.39, 0.29) is 6.61 Å². The van der Waals surface area contributed by atoms with E-state index in [2.05, 4.69) is 0 Å². The minimum absolute atomic E-state index is 0.151. The molecule has 0 aromatic heterocycles. The summed E-state index contributed by atoms with van der Waals surface area (Å²) in [6.07, 6.45) is 0. The lowest BCUT2D eigenvalue weighted by atomic mass is 10.3. The van der Waals surface area contributed by atoms with Crippen LogP contribution in [0.4, 0.5) is 0 Å². The van der Waals surface area contributed by atoms with Gasteiger partial charge >= 0.3 is 0 Å².